The molecule has 4 nitrogen and oxygen atoms in total. The summed E-state index contributed by atoms with van der Waals surface area (Å²) >= 11 is 0. The standard InChI is InChI=1S/C16H13FN4/c17-14-7-8-16(21-10-4-9-19-21)13(11-14)12-18-20-15-5-2-1-3-6-15/h1-12,20H. The second kappa shape index (κ2) is 6.00. The molecule has 3 rings (SSSR count). The van der Waals surface area contributed by atoms with E-state index in [2.05, 4.69) is 15.6 Å². The molecule has 5 heteroatoms. The number of hydrazone groups is 1. The average molecular weight is 280 g/mol. The quantitative estimate of drug-likeness (QED) is 0.587. The van der Waals surface area contributed by atoms with Crippen molar-refractivity contribution in [3.8, 4) is 5.69 Å². The van der Waals surface area contributed by atoms with E-state index in [-0.39, 0.29) is 5.82 Å². The van der Waals surface area contributed by atoms with E-state index >= 15 is 0 Å². The van der Waals surface area contributed by atoms with E-state index < -0.39 is 0 Å². The van der Waals surface area contributed by atoms with Gasteiger partial charge in [0.2, 0.25) is 0 Å². The maximum atomic E-state index is 13.4. The van der Waals surface area contributed by atoms with Gasteiger partial charge in [-0.25, -0.2) is 9.07 Å². The van der Waals surface area contributed by atoms with Crippen LogP contribution in [-0.2, 0) is 0 Å². The molecule has 0 fully saturated rings. The number of hydrogen-bond acceptors (Lipinski definition) is 3. The van der Waals surface area contributed by atoms with Gasteiger partial charge in [0.05, 0.1) is 17.6 Å². The van der Waals surface area contributed by atoms with Crippen LogP contribution in [0.25, 0.3) is 5.69 Å². The normalized spacial score (nSPS) is 10.9. The molecule has 1 aromatic heterocycles. The van der Waals surface area contributed by atoms with Gasteiger partial charge in [-0.2, -0.15) is 10.2 Å². The van der Waals surface area contributed by atoms with Crippen molar-refractivity contribution in [2.45, 2.75) is 0 Å². The average Bonchev–Trinajstić information content (AvgIpc) is 3.03. The molecule has 1 N–H and O–H groups in total. The predicted octanol–water partition coefficient (Wildman–Crippen LogP) is 3.46. The molecule has 2 aromatic carbocycles. The summed E-state index contributed by atoms with van der Waals surface area (Å²) in [4.78, 5) is 0. The minimum absolute atomic E-state index is 0.313. The Balaban J connectivity index is 1.86. The van der Waals surface area contributed by atoms with Crippen LogP contribution in [0.5, 0.6) is 0 Å². The molecular formula is C16H13FN4. The van der Waals surface area contributed by atoms with Gasteiger partial charge in [-0.15, -0.1) is 0 Å². The molecule has 0 unspecified atom stereocenters. The third kappa shape index (κ3) is 3.14. The van der Waals surface area contributed by atoms with E-state index in [4.69, 9.17) is 0 Å². The Bertz CT molecular complexity index is 736. The fourth-order valence-electron chi connectivity index (χ4n) is 1.94. The zero-order valence-corrected chi connectivity index (χ0v) is 11.1. The second-order valence-corrected chi connectivity index (χ2v) is 4.39. The lowest BCUT2D eigenvalue weighted by molar-refractivity contribution is 0.626. The van der Waals surface area contributed by atoms with E-state index in [0.29, 0.717) is 5.56 Å². The Morgan fingerprint density at radius 3 is 2.71 bits per heavy atom. The number of halogens is 1. The summed E-state index contributed by atoms with van der Waals surface area (Å²) in [5, 5.41) is 8.30. The van der Waals surface area contributed by atoms with Crippen LogP contribution in [0.2, 0.25) is 0 Å². The second-order valence-electron chi connectivity index (χ2n) is 4.39. The first-order chi connectivity index (χ1) is 10.3. The van der Waals surface area contributed by atoms with Gasteiger partial charge in [-0.3, -0.25) is 5.43 Å². The summed E-state index contributed by atoms with van der Waals surface area (Å²) in [5.74, 6) is -0.313. The highest BCUT2D eigenvalue weighted by Crippen LogP contribution is 2.14. The highest BCUT2D eigenvalue weighted by molar-refractivity contribution is 5.85. The lowest BCUT2D eigenvalue weighted by Crippen LogP contribution is -2.01. The van der Waals surface area contributed by atoms with Gasteiger partial charge in [-0.05, 0) is 36.4 Å². The van der Waals surface area contributed by atoms with Crippen LogP contribution in [0.4, 0.5) is 10.1 Å². The summed E-state index contributed by atoms with van der Waals surface area (Å²) in [7, 11) is 0. The smallest absolute Gasteiger partial charge is 0.124 e. The summed E-state index contributed by atoms with van der Waals surface area (Å²) in [6.07, 6.45) is 5.05. The molecule has 0 spiro atoms. The Hall–Kier alpha value is -2.95. The highest BCUT2D eigenvalue weighted by atomic mass is 19.1. The molecule has 0 saturated heterocycles. The van der Waals surface area contributed by atoms with E-state index in [1.165, 1.54) is 12.1 Å². The zero-order chi connectivity index (χ0) is 14.5. The third-order valence-corrected chi connectivity index (χ3v) is 2.91. The van der Waals surface area contributed by atoms with Crippen molar-refractivity contribution < 1.29 is 4.39 Å². The number of hydrogen-bond donors (Lipinski definition) is 1. The van der Waals surface area contributed by atoms with Crippen LogP contribution in [-0.4, -0.2) is 16.0 Å². The molecular weight excluding hydrogens is 267 g/mol. The van der Waals surface area contributed by atoms with Crippen LogP contribution < -0.4 is 5.43 Å². The van der Waals surface area contributed by atoms with Crippen LogP contribution in [0, 0.1) is 5.82 Å². The number of para-hydroxylation sites is 1. The van der Waals surface area contributed by atoms with Gasteiger partial charge in [0.15, 0.2) is 0 Å². The number of rotatable bonds is 4. The number of aromatic nitrogens is 2. The van der Waals surface area contributed by atoms with Gasteiger partial charge in [0, 0.05) is 18.0 Å². The molecule has 3 aromatic rings. The van der Waals surface area contributed by atoms with Crippen LogP contribution in [0.3, 0.4) is 0 Å². The molecule has 0 aliphatic heterocycles. The monoisotopic (exact) mass is 280 g/mol. The zero-order valence-electron chi connectivity index (χ0n) is 11.1. The minimum Gasteiger partial charge on any atom is -0.279 e. The Labute approximate surface area is 121 Å². The van der Waals surface area contributed by atoms with E-state index in [1.807, 2.05) is 36.4 Å². The number of benzene rings is 2. The van der Waals surface area contributed by atoms with Crippen LogP contribution in [0.1, 0.15) is 5.56 Å². The van der Waals surface area contributed by atoms with Crippen molar-refractivity contribution in [2.24, 2.45) is 5.10 Å². The van der Waals surface area contributed by atoms with E-state index in [9.17, 15) is 4.39 Å². The first-order valence-electron chi connectivity index (χ1n) is 6.46. The number of anilines is 1. The number of nitrogens with one attached hydrogen (secondary N) is 1. The van der Waals surface area contributed by atoms with Crippen molar-refractivity contribution in [3.05, 3.63) is 78.4 Å². The fourth-order valence-corrected chi connectivity index (χ4v) is 1.94. The lowest BCUT2D eigenvalue weighted by atomic mass is 10.2. The maximum Gasteiger partial charge on any atom is 0.124 e. The van der Waals surface area contributed by atoms with Crippen LogP contribution in [0.15, 0.2) is 72.1 Å². The van der Waals surface area contributed by atoms with Crippen molar-refractivity contribution in [1.82, 2.24) is 9.78 Å². The third-order valence-electron chi connectivity index (χ3n) is 2.91. The Morgan fingerprint density at radius 1 is 1.10 bits per heavy atom. The summed E-state index contributed by atoms with van der Waals surface area (Å²) in [6, 6.07) is 15.9. The van der Waals surface area contributed by atoms with Gasteiger partial charge in [-0.1, -0.05) is 18.2 Å². The highest BCUT2D eigenvalue weighted by Gasteiger charge is 2.04. The van der Waals surface area contributed by atoms with E-state index in [1.54, 1.807) is 29.4 Å². The molecule has 0 amide bonds. The van der Waals surface area contributed by atoms with Crippen molar-refractivity contribution in [2.75, 3.05) is 5.43 Å². The first kappa shape index (κ1) is 13.1. The molecule has 0 aliphatic carbocycles. The summed E-state index contributed by atoms with van der Waals surface area (Å²) in [6.45, 7) is 0. The van der Waals surface area contributed by atoms with Crippen LogP contribution >= 0.6 is 0 Å². The fraction of sp³-hybridized carbons (Fsp3) is 0. The van der Waals surface area contributed by atoms with Crippen molar-refractivity contribution >= 4 is 11.9 Å². The van der Waals surface area contributed by atoms with E-state index in [0.717, 1.165) is 11.4 Å². The van der Waals surface area contributed by atoms with Gasteiger partial charge in [0.1, 0.15) is 5.82 Å². The predicted molar refractivity (Wildman–Crippen MR) is 81.2 cm³/mol. The largest absolute Gasteiger partial charge is 0.279 e. The molecule has 0 saturated carbocycles. The topological polar surface area (TPSA) is 42.2 Å². The van der Waals surface area contributed by atoms with Crippen molar-refractivity contribution in [1.29, 1.82) is 0 Å². The Morgan fingerprint density at radius 2 is 1.95 bits per heavy atom. The minimum atomic E-state index is -0.313. The van der Waals surface area contributed by atoms with Crippen molar-refractivity contribution in [3.63, 3.8) is 0 Å². The number of nitrogens with zero attached hydrogens (tertiary/aromatic N) is 3. The van der Waals surface area contributed by atoms with Gasteiger partial charge in [0.25, 0.3) is 0 Å². The molecule has 0 atom stereocenters. The van der Waals surface area contributed by atoms with Gasteiger partial charge >= 0.3 is 0 Å². The first-order valence-corrected chi connectivity index (χ1v) is 6.46. The molecule has 21 heavy (non-hydrogen) atoms. The Kier molecular flexibility index (Phi) is 3.73. The molecule has 0 aliphatic rings. The SMILES string of the molecule is Fc1ccc(-n2cccn2)c(C=NNc2ccccc2)c1. The molecule has 0 bridgehead atoms. The summed E-state index contributed by atoms with van der Waals surface area (Å²) in [5.41, 5.74) is 5.17. The molecule has 1 heterocycles. The lowest BCUT2D eigenvalue weighted by Gasteiger charge is -2.06. The molecule has 104 valence electrons. The van der Waals surface area contributed by atoms with Gasteiger partial charge < -0.3 is 0 Å². The summed E-state index contributed by atoms with van der Waals surface area (Å²) < 4.78 is 15.1. The maximum absolute atomic E-state index is 13.4. The molecule has 0 radical (unpaired) electrons.